The number of thioether (sulfide) groups is 1. The summed E-state index contributed by atoms with van der Waals surface area (Å²) in [5, 5.41) is 17.6. The molecule has 0 aliphatic rings. The van der Waals surface area contributed by atoms with E-state index in [1.807, 2.05) is 6.07 Å². The zero-order chi connectivity index (χ0) is 12.0. The maximum Gasteiger partial charge on any atom is 0.336 e. The second kappa shape index (κ2) is 6.93. The third-order valence-electron chi connectivity index (χ3n) is 1.99. The SMILES string of the molecule is O=C(O)c1cc(SCCCCO)ccc1Br. The summed E-state index contributed by atoms with van der Waals surface area (Å²) in [6, 6.07) is 5.30. The van der Waals surface area contributed by atoms with Gasteiger partial charge in [-0.15, -0.1) is 11.8 Å². The Morgan fingerprint density at radius 1 is 1.38 bits per heavy atom. The van der Waals surface area contributed by atoms with Gasteiger partial charge in [-0.2, -0.15) is 0 Å². The van der Waals surface area contributed by atoms with Crippen LogP contribution in [0.3, 0.4) is 0 Å². The van der Waals surface area contributed by atoms with Crippen LogP contribution in [-0.4, -0.2) is 28.5 Å². The lowest BCUT2D eigenvalue weighted by Crippen LogP contribution is -1.97. The zero-order valence-corrected chi connectivity index (χ0v) is 11.1. The number of rotatable bonds is 6. The first-order chi connectivity index (χ1) is 7.65. The Morgan fingerprint density at radius 3 is 2.75 bits per heavy atom. The van der Waals surface area contributed by atoms with Gasteiger partial charge in [-0.05, 0) is 52.7 Å². The molecule has 0 aromatic heterocycles. The van der Waals surface area contributed by atoms with Gasteiger partial charge in [0, 0.05) is 16.0 Å². The van der Waals surface area contributed by atoms with Crippen LogP contribution in [0.5, 0.6) is 0 Å². The van der Waals surface area contributed by atoms with Crippen LogP contribution < -0.4 is 0 Å². The van der Waals surface area contributed by atoms with E-state index in [0.29, 0.717) is 4.47 Å². The topological polar surface area (TPSA) is 57.5 Å². The summed E-state index contributed by atoms with van der Waals surface area (Å²) >= 11 is 4.81. The molecule has 0 amide bonds. The summed E-state index contributed by atoms with van der Waals surface area (Å²) in [5.41, 5.74) is 0.284. The summed E-state index contributed by atoms with van der Waals surface area (Å²) < 4.78 is 0.597. The molecule has 1 rings (SSSR count). The molecule has 0 aliphatic heterocycles. The second-order valence-corrected chi connectivity index (χ2v) is 5.25. The van der Waals surface area contributed by atoms with Gasteiger partial charge in [0.2, 0.25) is 0 Å². The summed E-state index contributed by atoms with van der Waals surface area (Å²) in [5.74, 6) is -0.0361. The minimum atomic E-state index is -0.926. The molecule has 0 spiro atoms. The Bertz CT molecular complexity index is 368. The van der Waals surface area contributed by atoms with Crippen molar-refractivity contribution < 1.29 is 15.0 Å². The molecule has 16 heavy (non-hydrogen) atoms. The smallest absolute Gasteiger partial charge is 0.336 e. The highest BCUT2D eigenvalue weighted by Gasteiger charge is 2.08. The van der Waals surface area contributed by atoms with Gasteiger partial charge in [0.05, 0.1) is 5.56 Å². The summed E-state index contributed by atoms with van der Waals surface area (Å²) in [7, 11) is 0. The highest BCUT2D eigenvalue weighted by atomic mass is 79.9. The van der Waals surface area contributed by atoms with Crippen molar-refractivity contribution in [3.63, 3.8) is 0 Å². The zero-order valence-electron chi connectivity index (χ0n) is 8.65. The van der Waals surface area contributed by atoms with Gasteiger partial charge in [-0.25, -0.2) is 4.79 Å². The first-order valence-electron chi connectivity index (χ1n) is 4.91. The molecule has 3 nitrogen and oxygen atoms in total. The van der Waals surface area contributed by atoms with Gasteiger partial charge >= 0.3 is 5.97 Å². The number of aliphatic hydroxyl groups excluding tert-OH is 1. The Balaban J connectivity index is 2.61. The highest BCUT2D eigenvalue weighted by Crippen LogP contribution is 2.25. The average molecular weight is 305 g/mol. The molecule has 0 atom stereocenters. The predicted molar refractivity (Wildman–Crippen MR) is 68.1 cm³/mol. The maximum absolute atomic E-state index is 10.9. The lowest BCUT2D eigenvalue weighted by Gasteiger charge is -2.04. The fourth-order valence-corrected chi connectivity index (χ4v) is 2.53. The molecule has 0 radical (unpaired) electrons. The molecule has 2 N–H and O–H groups in total. The first kappa shape index (κ1) is 13.5. The van der Waals surface area contributed by atoms with Crippen molar-refractivity contribution in [3.8, 4) is 0 Å². The van der Waals surface area contributed by atoms with Crippen molar-refractivity contribution in [1.29, 1.82) is 0 Å². The number of aromatic carboxylic acids is 1. The molecule has 0 fully saturated rings. The highest BCUT2D eigenvalue weighted by molar-refractivity contribution is 9.10. The quantitative estimate of drug-likeness (QED) is 0.626. The number of carbonyl (C=O) groups is 1. The number of unbranched alkanes of at least 4 members (excludes halogenated alkanes) is 1. The van der Waals surface area contributed by atoms with Crippen LogP contribution in [0.1, 0.15) is 23.2 Å². The summed E-state index contributed by atoms with van der Waals surface area (Å²) in [6.07, 6.45) is 1.72. The molecular formula is C11H13BrO3S. The Labute approximate surface area is 107 Å². The van der Waals surface area contributed by atoms with E-state index < -0.39 is 5.97 Å². The number of hydrogen-bond acceptors (Lipinski definition) is 3. The normalized spacial score (nSPS) is 10.4. The third-order valence-corrected chi connectivity index (χ3v) is 3.76. The van der Waals surface area contributed by atoms with E-state index in [4.69, 9.17) is 10.2 Å². The van der Waals surface area contributed by atoms with Crippen molar-refractivity contribution in [1.82, 2.24) is 0 Å². The van der Waals surface area contributed by atoms with E-state index in [2.05, 4.69) is 15.9 Å². The van der Waals surface area contributed by atoms with E-state index >= 15 is 0 Å². The fourth-order valence-electron chi connectivity index (χ4n) is 1.16. The van der Waals surface area contributed by atoms with Crippen molar-refractivity contribution in [2.75, 3.05) is 12.4 Å². The van der Waals surface area contributed by atoms with Crippen molar-refractivity contribution >= 4 is 33.7 Å². The molecule has 0 heterocycles. The van der Waals surface area contributed by atoms with Crippen molar-refractivity contribution in [2.45, 2.75) is 17.7 Å². The van der Waals surface area contributed by atoms with Crippen molar-refractivity contribution in [2.24, 2.45) is 0 Å². The molecular weight excluding hydrogens is 292 g/mol. The number of aliphatic hydroxyl groups is 1. The number of carboxylic acids is 1. The standard InChI is InChI=1S/C11H13BrO3S/c12-10-4-3-8(7-9(10)11(14)15)16-6-2-1-5-13/h3-4,7,13H,1-2,5-6H2,(H,14,15). The van der Waals surface area contributed by atoms with Crippen LogP contribution in [0.15, 0.2) is 27.6 Å². The number of hydrogen-bond donors (Lipinski definition) is 2. The molecule has 0 saturated heterocycles. The lowest BCUT2D eigenvalue weighted by molar-refractivity contribution is 0.0695. The molecule has 0 saturated carbocycles. The monoisotopic (exact) mass is 304 g/mol. The van der Waals surface area contributed by atoms with Gasteiger partial charge in [0.15, 0.2) is 0 Å². The molecule has 0 aliphatic carbocycles. The van der Waals surface area contributed by atoms with Crippen LogP contribution in [0.2, 0.25) is 0 Å². The van der Waals surface area contributed by atoms with Gasteiger partial charge < -0.3 is 10.2 Å². The molecule has 0 bridgehead atoms. The van der Waals surface area contributed by atoms with Gasteiger partial charge in [-0.1, -0.05) is 0 Å². The first-order valence-corrected chi connectivity index (χ1v) is 6.69. The van der Waals surface area contributed by atoms with E-state index in [9.17, 15) is 4.79 Å². The number of carboxylic acid groups (broad SMARTS) is 1. The number of halogens is 1. The molecule has 5 heteroatoms. The Hall–Kier alpha value is -0.520. The minimum absolute atomic E-state index is 0.210. The van der Waals surface area contributed by atoms with E-state index in [0.717, 1.165) is 23.5 Å². The van der Waals surface area contributed by atoms with Gasteiger partial charge in [0.25, 0.3) is 0 Å². The Morgan fingerprint density at radius 2 is 2.12 bits per heavy atom. The van der Waals surface area contributed by atoms with Gasteiger partial charge in [-0.3, -0.25) is 0 Å². The van der Waals surface area contributed by atoms with Crippen LogP contribution >= 0.6 is 27.7 Å². The van der Waals surface area contributed by atoms with Crippen LogP contribution in [0, 0.1) is 0 Å². The van der Waals surface area contributed by atoms with Crippen LogP contribution in [-0.2, 0) is 0 Å². The van der Waals surface area contributed by atoms with Crippen molar-refractivity contribution in [3.05, 3.63) is 28.2 Å². The maximum atomic E-state index is 10.9. The largest absolute Gasteiger partial charge is 0.478 e. The average Bonchev–Trinajstić information content (AvgIpc) is 2.26. The fraction of sp³-hybridized carbons (Fsp3) is 0.364. The predicted octanol–water partition coefficient (Wildman–Crippen LogP) is 3.01. The summed E-state index contributed by atoms with van der Waals surface area (Å²) in [4.78, 5) is 11.8. The van der Waals surface area contributed by atoms with E-state index in [-0.39, 0.29) is 12.2 Å². The summed E-state index contributed by atoms with van der Waals surface area (Å²) in [6.45, 7) is 0.210. The van der Waals surface area contributed by atoms with Gasteiger partial charge in [0.1, 0.15) is 0 Å². The van der Waals surface area contributed by atoms with E-state index in [1.54, 1.807) is 23.9 Å². The minimum Gasteiger partial charge on any atom is -0.478 e. The molecule has 88 valence electrons. The lowest BCUT2D eigenvalue weighted by atomic mass is 10.2. The molecule has 1 aromatic carbocycles. The van der Waals surface area contributed by atoms with E-state index in [1.165, 1.54) is 0 Å². The third kappa shape index (κ3) is 4.15. The Kier molecular flexibility index (Phi) is 5.87. The van der Waals surface area contributed by atoms with Crippen LogP contribution in [0.25, 0.3) is 0 Å². The van der Waals surface area contributed by atoms with Crippen LogP contribution in [0.4, 0.5) is 0 Å². The molecule has 1 aromatic rings. The second-order valence-electron chi connectivity index (χ2n) is 3.23. The molecule has 0 unspecified atom stereocenters. The number of benzene rings is 1.